The summed E-state index contributed by atoms with van der Waals surface area (Å²) < 4.78 is 6.17. The van der Waals surface area contributed by atoms with Crippen LogP contribution in [0.1, 0.15) is 39.1 Å². The fraction of sp³-hybridized carbons (Fsp3) is 0.579. The van der Waals surface area contributed by atoms with E-state index in [0.29, 0.717) is 24.2 Å². The second-order valence-electron chi connectivity index (χ2n) is 8.07. The smallest absolute Gasteiger partial charge is 0.407 e. The molecule has 0 radical (unpaired) electrons. The van der Waals surface area contributed by atoms with Crippen molar-refractivity contribution in [2.75, 3.05) is 18.1 Å². The van der Waals surface area contributed by atoms with Crippen LogP contribution in [0.2, 0.25) is 0 Å². The van der Waals surface area contributed by atoms with Gasteiger partial charge in [0.1, 0.15) is 16.8 Å². The molecule has 1 aliphatic rings. The minimum atomic E-state index is -0.625. The third-order valence-electron chi connectivity index (χ3n) is 4.69. The summed E-state index contributed by atoms with van der Waals surface area (Å²) in [6.07, 6.45) is 0.642. The van der Waals surface area contributed by atoms with Gasteiger partial charge in [-0.25, -0.2) is 9.78 Å². The van der Waals surface area contributed by atoms with Gasteiger partial charge in [0.2, 0.25) is 0 Å². The Balaban J connectivity index is 1.95. The van der Waals surface area contributed by atoms with E-state index in [1.54, 1.807) is 31.7 Å². The highest BCUT2D eigenvalue weighted by Crippen LogP contribution is 2.41. The predicted molar refractivity (Wildman–Crippen MR) is 112 cm³/mol. The van der Waals surface area contributed by atoms with E-state index < -0.39 is 16.6 Å². The Hall–Kier alpha value is -2.46. The molecule has 2 N–H and O–H groups in total. The van der Waals surface area contributed by atoms with Crippen LogP contribution in [0.5, 0.6) is 0 Å². The Morgan fingerprint density at radius 1 is 1.48 bits per heavy atom. The summed E-state index contributed by atoms with van der Waals surface area (Å²) in [5.41, 5.74) is 0.288. The number of hydrogen-bond donors (Lipinski definition) is 2. The number of nitro groups is 1. The zero-order valence-corrected chi connectivity index (χ0v) is 17.8. The maximum Gasteiger partial charge on any atom is 0.407 e. The number of aliphatic hydroxyl groups excluding tert-OH is 1. The molecule has 2 atom stereocenters. The Bertz CT molecular complexity index is 923. The van der Waals surface area contributed by atoms with Crippen molar-refractivity contribution in [2.24, 2.45) is 0 Å². The Morgan fingerprint density at radius 2 is 2.21 bits per heavy atom. The van der Waals surface area contributed by atoms with Crippen LogP contribution in [-0.4, -0.2) is 51.9 Å². The molecule has 9 nitrogen and oxygen atoms in total. The number of aryl methyl sites for hydroxylation is 1. The highest BCUT2D eigenvalue weighted by Gasteiger charge is 2.38. The van der Waals surface area contributed by atoms with Crippen LogP contribution in [-0.2, 0) is 11.2 Å². The average Bonchev–Trinajstić information content (AvgIpc) is 3.21. The van der Waals surface area contributed by atoms with Gasteiger partial charge in [0.15, 0.2) is 0 Å². The standard InChI is InChI=1S/C19H26N4O5S/c1-5-15-21-16-14(29-15)7-6-13(23(26)27)17(16)22-9-11(8-12(22)10-24)20-18(25)28-19(2,3)4/h6-7,11-12,24H,5,8-10H2,1-4H3,(H,20,25)/t11-,12-/m0/s1. The number of nitrogens with one attached hydrogen (secondary N) is 1. The van der Waals surface area contributed by atoms with Gasteiger partial charge in [0.25, 0.3) is 5.69 Å². The molecule has 0 bridgehead atoms. The second kappa shape index (κ2) is 8.11. The topological polar surface area (TPSA) is 118 Å². The van der Waals surface area contributed by atoms with E-state index in [2.05, 4.69) is 10.3 Å². The monoisotopic (exact) mass is 422 g/mol. The number of amides is 1. The molecular weight excluding hydrogens is 396 g/mol. The summed E-state index contributed by atoms with van der Waals surface area (Å²) in [4.78, 5) is 29.8. The number of hydrogen-bond acceptors (Lipinski definition) is 8. The SMILES string of the molecule is CCc1nc2c(N3C[C@@H](NC(=O)OC(C)(C)C)C[C@H]3CO)c([N+](=O)[O-])ccc2s1. The van der Waals surface area contributed by atoms with Crippen molar-refractivity contribution < 1.29 is 19.6 Å². The fourth-order valence-electron chi connectivity index (χ4n) is 3.54. The molecule has 158 valence electrons. The van der Waals surface area contributed by atoms with Crippen LogP contribution in [0, 0.1) is 10.1 Å². The summed E-state index contributed by atoms with van der Waals surface area (Å²) in [5.74, 6) is 0. The number of fused-ring (bicyclic) bond motifs is 1. The minimum Gasteiger partial charge on any atom is -0.444 e. The molecule has 1 aromatic carbocycles. The highest BCUT2D eigenvalue weighted by atomic mass is 32.1. The van der Waals surface area contributed by atoms with Crippen LogP contribution in [0.3, 0.4) is 0 Å². The number of rotatable bonds is 5. The number of aliphatic hydroxyl groups is 1. The molecule has 0 saturated carbocycles. The Labute approximate surface area is 172 Å². The average molecular weight is 423 g/mol. The Kier molecular flexibility index (Phi) is 5.95. The van der Waals surface area contributed by atoms with Gasteiger partial charge in [-0.15, -0.1) is 11.3 Å². The lowest BCUT2D eigenvalue weighted by Crippen LogP contribution is -2.40. The van der Waals surface area contributed by atoms with Crippen molar-refractivity contribution in [2.45, 2.75) is 58.2 Å². The van der Waals surface area contributed by atoms with Crippen molar-refractivity contribution in [1.82, 2.24) is 10.3 Å². The van der Waals surface area contributed by atoms with E-state index >= 15 is 0 Å². The quantitative estimate of drug-likeness (QED) is 0.561. The van der Waals surface area contributed by atoms with Crippen molar-refractivity contribution in [3.05, 3.63) is 27.3 Å². The Morgan fingerprint density at radius 3 is 2.79 bits per heavy atom. The highest BCUT2D eigenvalue weighted by molar-refractivity contribution is 7.18. The zero-order valence-electron chi connectivity index (χ0n) is 17.0. The molecule has 0 unspecified atom stereocenters. The van der Waals surface area contributed by atoms with Gasteiger partial charge < -0.3 is 20.1 Å². The molecule has 0 aliphatic carbocycles. The first-order valence-corrected chi connectivity index (χ1v) is 10.4. The van der Waals surface area contributed by atoms with Crippen LogP contribution < -0.4 is 10.2 Å². The maximum absolute atomic E-state index is 12.1. The predicted octanol–water partition coefficient (Wildman–Crippen LogP) is 3.23. The lowest BCUT2D eigenvalue weighted by atomic mass is 10.1. The number of alkyl carbamates (subject to hydrolysis) is 1. The van der Waals surface area contributed by atoms with E-state index in [9.17, 15) is 20.0 Å². The zero-order chi connectivity index (χ0) is 21.3. The largest absolute Gasteiger partial charge is 0.444 e. The van der Waals surface area contributed by atoms with Gasteiger partial charge in [0.05, 0.1) is 33.3 Å². The number of aromatic nitrogens is 1. The number of anilines is 1. The van der Waals surface area contributed by atoms with Crippen molar-refractivity contribution >= 4 is 39.0 Å². The molecular formula is C19H26N4O5S. The van der Waals surface area contributed by atoms with Gasteiger partial charge in [-0.3, -0.25) is 10.1 Å². The number of ether oxygens (including phenoxy) is 1. The summed E-state index contributed by atoms with van der Waals surface area (Å²) >= 11 is 1.50. The van der Waals surface area contributed by atoms with Crippen molar-refractivity contribution in [3.8, 4) is 0 Å². The molecule has 3 rings (SSSR count). The number of nitro benzene ring substituents is 1. The lowest BCUT2D eigenvalue weighted by molar-refractivity contribution is -0.384. The van der Waals surface area contributed by atoms with Gasteiger partial charge in [-0.2, -0.15) is 0 Å². The van der Waals surface area contributed by atoms with E-state index in [0.717, 1.165) is 16.1 Å². The van der Waals surface area contributed by atoms with Gasteiger partial charge >= 0.3 is 6.09 Å². The molecule has 2 heterocycles. The van der Waals surface area contributed by atoms with E-state index in [-0.39, 0.29) is 24.4 Å². The van der Waals surface area contributed by atoms with Gasteiger partial charge in [0, 0.05) is 12.6 Å². The molecule has 2 aromatic rings. The first-order valence-electron chi connectivity index (χ1n) is 9.56. The molecule has 1 amide bonds. The molecule has 0 spiro atoms. The molecule has 1 aromatic heterocycles. The molecule has 1 fully saturated rings. The van der Waals surface area contributed by atoms with Crippen LogP contribution in [0.15, 0.2) is 12.1 Å². The van der Waals surface area contributed by atoms with Gasteiger partial charge in [-0.1, -0.05) is 6.92 Å². The van der Waals surface area contributed by atoms with Crippen LogP contribution in [0.25, 0.3) is 10.2 Å². The second-order valence-corrected chi connectivity index (χ2v) is 9.18. The summed E-state index contributed by atoms with van der Waals surface area (Å²) in [6, 6.07) is 2.53. The summed E-state index contributed by atoms with van der Waals surface area (Å²) in [5, 5.41) is 25.3. The van der Waals surface area contributed by atoms with Crippen molar-refractivity contribution in [1.29, 1.82) is 0 Å². The van der Waals surface area contributed by atoms with Gasteiger partial charge in [-0.05, 0) is 39.7 Å². The first-order chi connectivity index (χ1) is 13.6. The van der Waals surface area contributed by atoms with E-state index in [1.807, 2.05) is 6.92 Å². The third-order valence-corrected chi connectivity index (χ3v) is 5.85. The first kappa shape index (κ1) is 21.3. The summed E-state index contributed by atoms with van der Waals surface area (Å²) in [7, 11) is 0. The summed E-state index contributed by atoms with van der Waals surface area (Å²) in [6.45, 7) is 7.46. The number of carbonyl (C=O) groups is 1. The third kappa shape index (κ3) is 4.59. The molecule has 1 saturated heterocycles. The van der Waals surface area contributed by atoms with E-state index in [4.69, 9.17) is 4.74 Å². The number of carbonyl (C=O) groups excluding carboxylic acids is 1. The number of benzene rings is 1. The normalized spacial score (nSPS) is 19.6. The minimum absolute atomic E-state index is 0.0539. The van der Waals surface area contributed by atoms with E-state index in [1.165, 1.54) is 17.4 Å². The molecule has 10 heteroatoms. The number of thiazole rings is 1. The number of nitrogens with zero attached hydrogens (tertiary/aromatic N) is 3. The maximum atomic E-state index is 12.1. The van der Waals surface area contributed by atoms with Crippen LogP contribution in [0.4, 0.5) is 16.2 Å². The van der Waals surface area contributed by atoms with Crippen LogP contribution >= 0.6 is 11.3 Å². The molecule has 1 aliphatic heterocycles. The van der Waals surface area contributed by atoms with Crippen molar-refractivity contribution in [3.63, 3.8) is 0 Å². The molecule has 29 heavy (non-hydrogen) atoms. The fourth-order valence-corrected chi connectivity index (χ4v) is 4.45. The lowest BCUT2D eigenvalue weighted by Gasteiger charge is -2.25.